The first-order valence-electron chi connectivity index (χ1n) is 11.6. The van der Waals surface area contributed by atoms with Gasteiger partial charge in [0.2, 0.25) is 0 Å². The summed E-state index contributed by atoms with van der Waals surface area (Å²) in [6.45, 7) is 9.30. The lowest BCUT2D eigenvalue weighted by Crippen LogP contribution is -2.34. The Morgan fingerprint density at radius 3 is 2.70 bits per heavy atom. The van der Waals surface area contributed by atoms with Crippen molar-refractivity contribution in [3.8, 4) is 0 Å². The van der Waals surface area contributed by atoms with Crippen molar-refractivity contribution in [2.75, 3.05) is 45.2 Å². The molecule has 1 amide bonds. The second-order valence-electron chi connectivity index (χ2n) is 8.65. The van der Waals surface area contributed by atoms with Crippen LogP contribution in [-0.4, -0.2) is 55.3 Å². The molecule has 0 saturated carbocycles. The van der Waals surface area contributed by atoms with Gasteiger partial charge in [0, 0.05) is 56.5 Å². The van der Waals surface area contributed by atoms with Crippen molar-refractivity contribution in [2.45, 2.75) is 33.4 Å². The molecule has 2 heterocycles. The fraction of sp³-hybridized carbons (Fsp3) is 0.423. The second-order valence-corrected chi connectivity index (χ2v) is 8.65. The summed E-state index contributed by atoms with van der Waals surface area (Å²) in [5, 5.41) is 7.96. The molecule has 0 radical (unpaired) electrons. The van der Waals surface area contributed by atoms with Crippen LogP contribution in [0.25, 0.3) is 10.9 Å². The maximum Gasteiger partial charge on any atom is 0.253 e. The van der Waals surface area contributed by atoms with E-state index in [1.54, 1.807) is 19.2 Å². The Labute approximate surface area is 194 Å². The molecule has 6 nitrogen and oxygen atoms in total. The van der Waals surface area contributed by atoms with Crippen molar-refractivity contribution in [1.29, 1.82) is 0 Å². The maximum atomic E-state index is 13.4. The molecule has 1 aliphatic heterocycles. The van der Waals surface area contributed by atoms with E-state index in [9.17, 15) is 9.18 Å². The Balaban J connectivity index is 1.75. The van der Waals surface area contributed by atoms with E-state index in [2.05, 4.69) is 29.0 Å². The molecule has 1 fully saturated rings. The zero-order chi connectivity index (χ0) is 23.4. The molecule has 0 unspecified atom stereocenters. The first-order valence-corrected chi connectivity index (χ1v) is 11.6. The third kappa shape index (κ3) is 5.04. The number of nitrogens with zero attached hydrogens (tertiary/aromatic N) is 2. The Morgan fingerprint density at radius 2 is 1.94 bits per heavy atom. The van der Waals surface area contributed by atoms with Crippen LogP contribution in [0.5, 0.6) is 0 Å². The normalized spacial score (nSPS) is 14.5. The number of fused-ring (bicyclic) bond motifs is 1. The first-order chi connectivity index (χ1) is 16.0. The van der Waals surface area contributed by atoms with Gasteiger partial charge in [-0.25, -0.2) is 4.39 Å². The molecule has 1 aromatic heterocycles. The highest BCUT2D eigenvalue weighted by Crippen LogP contribution is 2.33. The molecule has 0 bridgehead atoms. The minimum Gasteiger partial charge on any atom is -0.383 e. The largest absolute Gasteiger partial charge is 0.383 e. The number of anilines is 1. The number of carbonyl (C=O) groups excluding carboxylic acids is 1. The van der Waals surface area contributed by atoms with Crippen LogP contribution in [0.1, 0.15) is 33.6 Å². The number of hydrogen-bond donors (Lipinski definition) is 2. The van der Waals surface area contributed by atoms with Crippen molar-refractivity contribution in [3.05, 3.63) is 64.6 Å². The summed E-state index contributed by atoms with van der Waals surface area (Å²) < 4.78 is 20.9. The number of rotatable bonds is 7. The van der Waals surface area contributed by atoms with Crippen LogP contribution in [0.15, 0.2) is 36.4 Å². The van der Waals surface area contributed by atoms with Crippen LogP contribution in [0, 0.1) is 19.7 Å². The van der Waals surface area contributed by atoms with Gasteiger partial charge in [-0.1, -0.05) is 12.1 Å². The van der Waals surface area contributed by atoms with Crippen molar-refractivity contribution >= 4 is 22.5 Å². The summed E-state index contributed by atoms with van der Waals surface area (Å²) in [4.78, 5) is 15.4. The first kappa shape index (κ1) is 23.3. The van der Waals surface area contributed by atoms with Gasteiger partial charge in [0.05, 0.1) is 17.8 Å². The predicted octanol–water partition coefficient (Wildman–Crippen LogP) is 4.09. The number of carbonyl (C=O) groups is 1. The average Bonchev–Trinajstić information content (AvgIpc) is 3.00. The summed E-state index contributed by atoms with van der Waals surface area (Å²) in [5.41, 5.74) is 5.97. The number of aryl methyl sites for hydroxylation is 1. The molecule has 33 heavy (non-hydrogen) atoms. The highest BCUT2D eigenvalue weighted by atomic mass is 19.1. The van der Waals surface area contributed by atoms with E-state index in [-0.39, 0.29) is 11.7 Å². The molecule has 4 rings (SSSR count). The zero-order valence-electron chi connectivity index (χ0n) is 19.7. The molecule has 1 saturated heterocycles. The van der Waals surface area contributed by atoms with Crippen LogP contribution < -0.4 is 10.6 Å². The maximum absolute atomic E-state index is 13.4. The Kier molecular flexibility index (Phi) is 7.30. The number of halogens is 1. The smallest absolute Gasteiger partial charge is 0.253 e. The lowest BCUT2D eigenvalue weighted by molar-refractivity contribution is 0.0766. The van der Waals surface area contributed by atoms with Gasteiger partial charge in [0.25, 0.3) is 5.91 Å². The summed E-state index contributed by atoms with van der Waals surface area (Å²) in [6, 6.07) is 10.5. The lowest BCUT2D eigenvalue weighted by Gasteiger charge is -2.21. The Morgan fingerprint density at radius 1 is 1.15 bits per heavy atom. The lowest BCUT2D eigenvalue weighted by atomic mass is 10.1. The number of ether oxygens (including phenoxy) is 1. The SMILES string of the molecule is COCCn1c(C)c(C)c2cc(C(=O)N3CCCNCC3)cc(NCc3ccc(F)cc3)c21. The molecule has 2 N–H and O–H groups in total. The van der Waals surface area contributed by atoms with E-state index in [0.717, 1.165) is 66.0 Å². The van der Waals surface area contributed by atoms with Gasteiger partial charge < -0.3 is 24.8 Å². The third-order valence-electron chi connectivity index (χ3n) is 6.52. The number of amides is 1. The van der Waals surface area contributed by atoms with Crippen molar-refractivity contribution < 1.29 is 13.9 Å². The number of nitrogens with one attached hydrogen (secondary N) is 2. The summed E-state index contributed by atoms with van der Waals surface area (Å²) in [5.74, 6) is -0.188. The standard InChI is InChI=1S/C26H33FN4O2/c1-18-19(2)31(13-14-33-3)25-23(18)15-21(26(32)30-11-4-9-28-10-12-30)16-24(25)29-17-20-5-7-22(27)8-6-20/h5-8,15-16,28-29H,4,9-14,17H2,1-3H3. The number of methoxy groups -OCH3 is 1. The van der Waals surface area contributed by atoms with Crippen LogP contribution in [0.3, 0.4) is 0 Å². The van der Waals surface area contributed by atoms with Gasteiger partial charge in [-0.05, 0) is 62.2 Å². The molecule has 2 aromatic carbocycles. The molecular formula is C26H33FN4O2. The van der Waals surface area contributed by atoms with E-state index in [1.807, 2.05) is 17.0 Å². The topological polar surface area (TPSA) is 58.5 Å². The van der Waals surface area contributed by atoms with E-state index in [4.69, 9.17) is 4.74 Å². The van der Waals surface area contributed by atoms with Crippen molar-refractivity contribution in [3.63, 3.8) is 0 Å². The molecule has 0 atom stereocenters. The van der Waals surface area contributed by atoms with Gasteiger partial charge in [-0.2, -0.15) is 0 Å². The number of hydrogen-bond acceptors (Lipinski definition) is 4. The minimum atomic E-state index is -0.250. The van der Waals surface area contributed by atoms with Crippen LogP contribution in [-0.2, 0) is 17.8 Å². The van der Waals surface area contributed by atoms with Gasteiger partial charge >= 0.3 is 0 Å². The molecule has 176 valence electrons. The Bertz CT molecular complexity index is 1120. The second kappa shape index (κ2) is 10.4. The van der Waals surface area contributed by atoms with Crippen LogP contribution >= 0.6 is 0 Å². The van der Waals surface area contributed by atoms with Crippen molar-refractivity contribution in [1.82, 2.24) is 14.8 Å². The summed E-state index contributed by atoms with van der Waals surface area (Å²) in [7, 11) is 1.70. The van der Waals surface area contributed by atoms with Gasteiger partial charge in [-0.15, -0.1) is 0 Å². The fourth-order valence-electron chi connectivity index (χ4n) is 4.53. The van der Waals surface area contributed by atoms with E-state index in [1.165, 1.54) is 12.1 Å². The molecule has 3 aromatic rings. The highest BCUT2D eigenvalue weighted by Gasteiger charge is 2.22. The van der Waals surface area contributed by atoms with E-state index < -0.39 is 0 Å². The molecular weight excluding hydrogens is 419 g/mol. The quantitative estimate of drug-likeness (QED) is 0.567. The monoisotopic (exact) mass is 452 g/mol. The highest BCUT2D eigenvalue weighted by molar-refractivity contribution is 6.04. The fourth-order valence-corrected chi connectivity index (χ4v) is 4.53. The van der Waals surface area contributed by atoms with Gasteiger partial charge in [-0.3, -0.25) is 4.79 Å². The molecule has 0 spiro atoms. The molecule has 1 aliphatic rings. The number of aromatic nitrogens is 1. The van der Waals surface area contributed by atoms with E-state index >= 15 is 0 Å². The van der Waals surface area contributed by atoms with Gasteiger partial charge in [0.15, 0.2) is 0 Å². The Hall–Kier alpha value is -2.90. The van der Waals surface area contributed by atoms with Crippen LogP contribution in [0.2, 0.25) is 0 Å². The van der Waals surface area contributed by atoms with Crippen LogP contribution in [0.4, 0.5) is 10.1 Å². The minimum absolute atomic E-state index is 0.0622. The summed E-state index contributed by atoms with van der Waals surface area (Å²) >= 11 is 0. The van der Waals surface area contributed by atoms with E-state index in [0.29, 0.717) is 25.3 Å². The number of benzene rings is 2. The molecule has 0 aliphatic carbocycles. The average molecular weight is 453 g/mol. The third-order valence-corrected chi connectivity index (χ3v) is 6.52. The summed E-state index contributed by atoms with van der Waals surface area (Å²) in [6.07, 6.45) is 0.954. The predicted molar refractivity (Wildman–Crippen MR) is 130 cm³/mol. The zero-order valence-corrected chi connectivity index (χ0v) is 19.7. The van der Waals surface area contributed by atoms with Crippen molar-refractivity contribution in [2.24, 2.45) is 0 Å². The van der Waals surface area contributed by atoms with Gasteiger partial charge in [0.1, 0.15) is 5.82 Å². The molecule has 7 heteroatoms.